The van der Waals surface area contributed by atoms with E-state index in [-0.39, 0.29) is 11.9 Å². The lowest BCUT2D eigenvalue weighted by Gasteiger charge is -2.18. The smallest absolute Gasteiger partial charge is 0.279 e. The van der Waals surface area contributed by atoms with Gasteiger partial charge < -0.3 is 15.5 Å². The highest BCUT2D eigenvalue weighted by Crippen LogP contribution is 2.22. The largest absolute Gasteiger partial charge is 0.372 e. The second kappa shape index (κ2) is 8.37. The fourth-order valence-electron chi connectivity index (χ4n) is 3.20. The molecule has 0 unspecified atom stereocenters. The Morgan fingerprint density at radius 1 is 1.16 bits per heavy atom. The van der Waals surface area contributed by atoms with Crippen molar-refractivity contribution in [1.82, 2.24) is 0 Å². The van der Waals surface area contributed by atoms with Crippen LogP contribution in [0.15, 0.2) is 48.5 Å². The Balaban J connectivity index is 1.49. The Hall–Kier alpha value is -2.04. The summed E-state index contributed by atoms with van der Waals surface area (Å²) in [6.45, 7) is 4.67. The van der Waals surface area contributed by atoms with Crippen molar-refractivity contribution in [3.63, 3.8) is 0 Å². The quantitative estimate of drug-likeness (QED) is 0.833. The van der Waals surface area contributed by atoms with Crippen LogP contribution in [-0.2, 0) is 4.79 Å². The number of carbonyl (C=O) groups excluding carboxylic acids is 1. The van der Waals surface area contributed by atoms with Gasteiger partial charge in [-0.25, -0.2) is 0 Å². The molecule has 132 valence electrons. The summed E-state index contributed by atoms with van der Waals surface area (Å²) >= 11 is 6.21. The monoisotopic (exact) mass is 358 g/mol. The van der Waals surface area contributed by atoms with Crippen LogP contribution in [-0.4, -0.2) is 25.5 Å². The van der Waals surface area contributed by atoms with Gasteiger partial charge >= 0.3 is 0 Å². The summed E-state index contributed by atoms with van der Waals surface area (Å²) in [6, 6.07) is 16.0. The Morgan fingerprint density at radius 2 is 1.84 bits per heavy atom. The summed E-state index contributed by atoms with van der Waals surface area (Å²) in [7, 11) is 0. The zero-order chi connectivity index (χ0) is 17.6. The molecule has 0 bridgehead atoms. The number of carbonyl (C=O) groups is 1. The molecule has 0 aliphatic carbocycles. The minimum Gasteiger partial charge on any atom is -0.372 e. The van der Waals surface area contributed by atoms with Crippen LogP contribution in [0.3, 0.4) is 0 Å². The summed E-state index contributed by atoms with van der Waals surface area (Å²) in [5, 5.41) is 5.69. The van der Waals surface area contributed by atoms with E-state index in [0.717, 1.165) is 29.4 Å². The van der Waals surface area contributed by atoms with Gasteiger partial charge in [0, 0.05) is 35.1 Å². The lowest BCUT2D eigenvalue weighted by atomic mass is 10.1. The molecule has 1 aliphatic rings. The van der Waals surface area contributed by atoms with Crippen molar-refractivity contribution in [2.45, 2.75) is 25.8 Å². The van der Waals surface area contributed by atoms with Crippen LogP contribution in [0.1, 0.15) is 31.4 Å². The number of anilines is 2. The first-order chi connectivity index (χ1) is 12.1. The lowest BCUT2D eigenvalue weighted by molar-refractivity contribution is -0.682. The van der Waals surface area contributed by atoms with Gasteiger partial charge in [0.2, 0.25) is 0 Å². The molecular weight excluding hydrogens is 334 g/mol. The summed E-state index contributed by atoms with van der Waals surface area (Å²) < 4.78 is 0. The number of hydrogen-bond donors (Lipinski definition) is 2. The number of hydrogen-bond acceptors (Lipinski definition) is 2. The second-order valence-corrected chi connectivity index (χ2v) is 6.95. The Bertz CT molecular complexity index is 711. The van der Waals surface area contributed by atoms with E-state index in [1.54, 1.807) is 0 Å². The average molecular weight is 359 g/mol. The molecule has 1 atom stereocenters. The summed E-state index contributed by atoms with van der Waals surface area (Å²) in [5.41, 5.74) is 3.12. The molecule has 3 N–H and O–H groups in total. The molecule has 0 radical (unpaired) electrons. The topological polar surface area (TPSA) is 49.0 Å². The van der Waals surface area contributed by atoms with Gasteiger partial charge in [-0.1, -0.05) is 29.8 Å². The lowest BCUT2D eigenvalue weighted by Crippen LogP contribution is -2.86. The third-order valence-electron chi connectivity index (χ3n) is 4.67. The predicted octanol–water partition coefficient (Wildman–Crippen LogP) is 3.20. The van der Waals surface area contributed by atoms with Crippen molar-refractivity contribution in [2.75, 3.05) is 29.9 Å². The number of halogens is 1. The van der Waals surface area contributed by atoms with Crippen LogP contribution >= 0.6 is 11.6 Å². The van der Waals surface area contributed by atoms with E-state index >= 15 is 0 Å². The maximum Gasteiger partial charge on any atom is 0.279 e. The number of nitrogens with one attached hydrogen (secondary N) is 1. The molecule has 3 rings (SSSR count). The van der Waals surface area contributed by atoms with Crippen molar-refractivity contribution >= 4 is 28.9 Å². The van der Waals surface area contributed by atoms with Gasteiger partial charge in [-0.3, -0.25) is 4.79 Å². The first-order valence-corrected chi connectivity index (χ1v) is 9.24. The SMILES string of the molecule is C[C@@H]([NH2+]CC(=O)Nc1ccc(N2CCCC2)cc1)c1ccccc1Cl. The molecule has 5 heteroatoms. The Kier molecular flexibility index (Phi) is 5.95. The predicted molar refractivity (Wildman–Crippen MR) is 103 cm³/mol. The summed E-state index contributed by atoms with van der Waals surface area (Å²) in [4.78, 5) is 14.6. The summed E-state index contributed by atoms with van der Waals surface area (Å²) in [6.07, 6.45) is 2.52. The Morgan fingerprint density at radius 3 is 2.52 bits per heavy atom. The molecule has 2 aromatic rings. The standard InChI is InChI=1S/C20H24ClN3O/c1-15(18-6-2-3-7-19(18)21)22-14-20(25)23-16-8-10-17(11-9-16)24-12-4-5-13-24/h2-3,6-11,15,22H,4-5,12-14H2,1H3,(H,23,25)/p+1/t15-/m1/s1. The molecule has 1 amide bonds. The van der Waals surface area contributed by atoms with Crippen molar-refractivity contribution < 1.29 is 10.1 Å². The number of benzene rings is 2. The second-order valence-electron chi connectivity index (χ2n) is 6.54. The first-order valence-electron chi connectivity index (χ1n) is 8.86. The zero-order valence-corrected chi connectivity index (χ0v) is 15.3. The minimum atomic E-state index is -0.00664. The van der Waals surface area contributed by atoms with Gasteiger partial charge in [-0.2, -0.15) is 0 Å². The highest BCUT2D eigenvalue weighted by atomic mass is 35.5. The van der Waals surface area contributed by atoms with E-state index in [4.69, 9.17) is 11.6 Å². The molecule has 0 saturated carbocycles. The molecule has 1 saturated heterocycles. The van der Waals surface area contributed by atoms with Crippen LogP contribution in [0.4, 0.5) is 11.4 Å². The number of nitrogens with zero attached hydrogens (tertiary/aromatic N) is 1. The van der Waals surface area contributed by atoms with Crippen LogP contribution in [0.2, 0.25) is 5.02 Å². The molecule has 0 aromatic heterocycles. The van der Waals surface area contributed by atoms with Gasteiger partial charge in [0.25, 0.3) is 5.91 Å². The summed E-state index contributed by atoms with van der Waals surface area (Å²) in [5.74, 6) is -0.00664. The zero-order valence-electron chi connectivity index (χ0n) is 14.5. The van der Waals surface area contributed by atoms with E-state index in [9.17, 15) is 4.79 Å². The van der Waals surface area contributed by atoms with Gasteiger partial charge in [-0.15, -0.1) is 0 Å². The average Bonchev–Trinajstić information content (AvgIpc) is 3.15. The fraction of sp³-hybridized carbons (Fsp3) is 0.350. The molecular formula is C20H25ClN3O+. The highest BCUT2D eigenvalue weighted by molar-refractivity contribution is 6.31. The van der Waals surface area contributed by atoms with Gasteiger partial charge in [0.1, 0.15) is 6.04 Å². The molecule has 2 aromatic carbocycles. The van der Waals surface area contributed by atoms with Gasteiger partial charge in [0.15, 0.2) is 6.54 Å². The number of quaternary nitrogens is 1. The van der Waals surface area contributed by atoms with Crippen molar-refractivity contribution in [3.05, 3.63) is 59.1 Å². The first kappa shape index (κ1) is 17.8. The third kappa shape index (κ3) is 4.74. The highest BCUT2D eigenvalue weighted by Gasteiger charge is 2.15. The van der Waals surface area contributed by atoms with Gasteiger partial charge in [-0.05, 0) is 50.1 Å². The van der Waals surface area contributed by atoms with E-state index in [0.29, 0.717) is 6.54 Å². The van der Waals surface area contributed by atoms with Gasteiger partial charge in [0.05, 0.1) is 0 Å². The van der Waals surface area contributed by atoms with Crippen LogP contribution in [0.25, 0.3) is 0 Å². The maximum atomic E-state index is 12.2. The van der Waals surface area contributed by atoms with E-state index in [2.05, 4.69) is 29.3 Å². The third-order valence-corrected chi connectivity index (χ3v) is 5.02. The molecule has 4 nitrogen and oxygen atoms in total. The van der Waals surface area contributed by atoms with Crippen molar-refractivity contribution in [2.24, 2.45) is 0 Å². The Labute approximate surface area is 154 Å². The molecule has 1 heterocycles. The number of nitrogens with two attached hydrogens (primary N) is 1. The molecule has 0 spiro atoms. The molecule has 25 heavy (non-hydrogen) atoms. The fourth-order valence-corrected chi connectivity index (χ4v) is 3.51. The van der Waals surface area contributed by atoms with E-state index in [1.807, 2.05) is 41.7 Å². The normalized spacial score (nSPS) is 15.2. The van der Waals surface area contributed by atoms with E-state index < -0.39 is 0 Å². The van der Waals surface area contributed by atoms with E-state index in [1.165, 1.54) is 18.5 Å². The number of amides is 1. The molecule has 1 aliphatic heterocycles. The van der Waals surface area contributed by atoms with Crippen LogP contribution in [0.5, 0.6) is 0 Å². The molecule has 1 fully saturated rings. The van der Waals surface area contributed by atoms with Crippen molar-refractivity contribution in [1.29, 1.82) is 0 Å². The minimum absolute atomic E-state index is 0.00664. The van der Waals surface area contributed by atoms with Crippen molar-refractivity contribution in [3.8, 4) is 0 Å². The van der Waals surface area contributed by atoms with Crippen LogP contribution < -0.4 is 15.5 Å². The number of rotatable bonds is 6. The van der Waals surface area contributed by atoms with Crippen LogP contribution in [0, 0.1) is 0 Å². The maximum absolute atomic E-state index is 12.2.